The van der Waals surface area contributed by atoms with E-state index in [9.17, 15) is 0 Å². The van der Waals surface area contributed by atoms with Gasteiger partial charge in [0, 0.05) is 5.41 Å². The molecule has 4 fully saturated rings. The van der Waals surface area contributed by atoms with Crippen LogP contribution in [0.4, 0.5) is 0 Å². The number of ether oxygens (including phenoxy) is 2. The summed E-state index contributed by atoms with van der Waals surface area (Å²) in [5, 5.41) is 0. The Bertz CT molecular complexity index is 301. The molecule has 142 valence electrons. The van der Waals surface area contributed by atoms with Gasteiger partial charge < -0.3 is 23.3 Å². The molecule has 2 nitrogen and oxygen atoms in total. The molecule has 3 saturated carbocycles. The smallest absolute Gasteiger partial charge is 0.349 e. The van der Waals surface area contributed by atoms with E-state index in [1.54, 1.807) is 0 Å². The van der Waals surface area contributed by atoms with Crippen LogP contribution in [0.5, 0.6) is 0 Å². The van der Waals surface area contributed by atoms with E-state index in [2.05, 4.69) is 27.7 Å². The predicted octanol–water partition coefficient (Wildman–Crippen LogP) is 6.35. The topological polar surface area (TPSA) is 18.5 Å². The van der Waals surface area contributed by atoms with Gasteiger partial charge >= 0.3 is 26.2 Å². The van der Waals surface area contributed by atoms with Gasteiger partial charge in [0.05, 0.1) is 13.2 Å². The van der Waals surface area contributed by atoms with E-state index in [-0.39, 0.29) is 37.4 Å². The van der Waals surface area contributed by atoms with Crippen molar-refractivity contribution in [1.29, 1.82) is 0 Å². The molecule has 0 aromatic rings. The van der Waals surface area contributed by atoms with Crippen LogP contribution in [-0.2, 0) is 35.7 Å². The summed E-state index contributed by atoms with van der Waals surface area (Å²) in [6.45, 7) is 14.1. The van der Waals surface area contributed by atoms with Crippen molar-refractivity contribution in [3.05, 3.63) is 13.8 Å². The summed E-state index contributed by atoms with van der Waals surface area (Å²) in [7, 11) is 0. The molecule has 4 aliphatic rings. The van der Waals surface area contributed by atoms with Crippen LogP contribution in [0.15, 0.2) is 0 Å². The Labute approximate surface area is 176 Å². The van der Waals surface area contributed by atoms with Crippen LogP contribution < -0.4 is 0 Å². The largest absolute Gasteiger partial charge is 4.00 e. The van der Waals surface area contributed by atoms with E-state index < -0.39 is 0 Å². The maximum absolute atomic E-state index is 5.88. The van der Waals surface area contributed by atoms with Crippen LogP contribution in [-0.4, -0.2) is 19.0 Å². The van der Waals surface area contributed by atoms with Crippen molar-refractivity contribution in [1.82, 2.24) is 0 Å². The molecule has 1 spiro atoms. The number of hydrogen-bond acceptors (Lipinski definition) is 2. The third-order valence-electron chi connectivity index (χ3n) is 5.76. The molecule has 25 heavy (non-hydrogen) atoms. The first-order valence-corrected chi connectivity index (χ1v) is 10.4. The van der Waals surface area contributed by atoms with E-state index in [0.29, 0.717) is 11.8 Å². The molecular formula is C22H40O2Zr+2. The Morgan fingerprint density at radius 3 is 1.20 bits per heavy atom. The molecule has 2 atom stereocenters. The molecule has 0 N–H and O–H groups in total. The maximum Gasteiger partial charge on any atom is 4.00 e. The zero-order valence-electron chi connectivity index (χ0n) is 16.8. The van der Waals surface area contributed by atoms with Gasteiger partial charge in [0.2, 0.25) is 0 Å². The minimum absolute atomic E-state index is 0. The Morgan fingerprint density at radius 2 is 0.920 bits per heavy atom. The molecule has 3 aliphatic carbocycles. The summed E-state index contributed by atoms with van der Waals surface area (Å²) >= 11 is 0. The van der Waals surface area contributed by atoms with Gasteiger partial charge in [-0.05, 0) is 12.8 Å². The summed E-state index contributed by atoms with van der Waals surface area (Å²) in [6, 6.07) is 0. The summed E-state index contributed by atoms with van der Waals surface area (Å²) < 4.78 is 11.8. The molecular weight excluding hydrogens is 387 g/mol. The Kier molecular flexibility index (Phi) is 11.1. The van der Waals surface area contributed by atoms with Crippen LogP contribution >= 0.6 is 0 Å². The molecule has 0 radical (unpaired) electrons. The van der Waals surface area contributed by atoms with Crippen molar-refractivity contribution in [2.24, 2.45) is 17.3 Å². The van der Waals surface area contributed by atoms with Crippen LogP contribution in [0.1, 0.15) is 90.9 Å². The average Bonchev–Trinajstić information content (AvgIpc) is 3.31. The van der Waals surface area contributed by atoms with Gasteiger partial charge in [0.25, 0.3) is 0 Å². The van der Waals surface area contributed by atoms with Crippen molar-refractivity contribution < 1.29 is 35.7 Å². The molecule has 0 unspecified atom stereocenters. The summed E-state index contributed by atoms with van der Waals surface area (Å²) in [6.07, 6.45) is 16.8. The van der Waals surface area contributed by atoms with Gasteiger partial charge in [-0.2, -0.15) is 11.8 Å². The second kappa shape index (κ2) is 11.6. The van der Waals surface area contributed by atoms with Crippen LogP contribution in [0.3, 0.4) is 0 Å². The normalized spacial score (nSPS) is 32.2. The fourth-order valence-electron chi connectivity index (χ4n) is 3.96. The summed E-state index contributed by atoms with van der Waals surface area (Å²) in [5.41, 5.74) is 0.154. The first-order chi connectivity index (χ1) is 11.4. The SMILES string of the molecule is C1CCCC1.C1CCCC1.[CH2-][C@@H]1CC2(C[C@H]1[CH2-])OCC(C)(C)CO2.[Zr+4]. The van der Waals surface area contributed by atoms with E-state index in [4.69, 9.17) is 9.47 Å². The molecule has 1 heterocycles. The number of hydrogen-bond donors (Lipinski definition) is 0. The fourth-order valence-corrected chi connectivity index (χ4v) is 3.96. The molecule has 3 heteroatoms. The van der Waals surface area contributed by atoms with Gasteiger partial charge in [-0.15, -0.1) is 0 Å². The predicted molar refractivity (Wildman–Crippen MR) is 102 cm³/mol. The molecule has 1 saturated heterocycles. The van der Waals surface area contributed by atoms with E-state index in [1.807, 2.05) is 0 Å². The second-order valence-electron chi connectivity index (χ2n) is 9.12. The van der Waals surface area contributed by atoms with Crippen molar-refractivity contribution in [3.8, 4) is 0 Å². The third-order valence-corrected chi connectivity index (χ3v) is 5.76. The van der Waals surface area contributed by atoms with Crippen molar-refractivity contribution >= 4 is 0 Å². The van der Waals surface area contributed by atoms with Crippen molar-refractivity contribution in [3.63, 3.8) is 0 Å². The molecule has 0 aromatic carbocycles. The minimum atomic E-state index is -0.353. The molecule has 4 rings (SSSR count). The third kappa shape index (κ3) is 8.57. The maximum atomic E-state index is 5.88. The van der Waals surface area contributed by atoms with Crippen LogP contribution in [0, 0.1) is 31.1 Å². The zero-order chi connectivity index (χ0) is 17.5. The first kappa shape index (κ1) is 23.8. The Hall–Kier alpha value is 0.803. The van der Waals surface area contributed by atoms with Gasteiger partial charge in [0.1, 0.15) is 0 Å². The van der Waals surface area contributed by atoms with Crippen LogP contribution in [0.25, 0.3) is 0 Å². The molecule has 1 aliphatic heterocycles. The summed E-state index contributed by atoms with van der Waals surface area (Å²) in [5.74, 6) is 0.390. The Morgan fingerprint density at radius 1 is 0.640 bits per heavy atom. The minimum Gasteiger partial charge on any atom is -0.349 e. The van der Waals surface area contributed by atoms with E-state index in [0.717, 1.165) is 26.1 Å². The van der Waals surface area contributed by atoms with Gasteiger partial charge in [-0.1, -0.05) is 78.1 Å². The van der Waals surface area contributed by atoms with Crippen LogP contribution in [0.2, 0.25) is 0 Å². The fraction of sp³-hybridized carbons (Fsp3) is 0.909. The van der Waals surface area contributed by atoms with E-state index in [1.165, 1.54) is 64.2 Å². The van der Waals surface area contributed by atoms with E-state index >= 15 is 0 Å². The van der Waals surface area contributed by atoms with Gasteiger partial charge in [0.15, 0.2) is 5.79 Å². The average molecular weight is 428 g/mol. The number of rotatable bonds is 0. The van der Waals surface area contributed by atoms with Crippen molar-refractivity contribution in [2.45, 2.75) is 96.7 Å². The second-order valence-corrected chi connectivity index (χ2v) is 9.12. The standard InChI is InChI=1S/C12H20O2.2C5H10.Zr/c1-9-5-12(6-10(9)2)13-7-11(3,4)8-14-12;2*1-2-4-5-3-1;/h9-10H,1-2,5-8H2,3-4H3;2*1-5H2;/q-2;;;+4/t9-,10-;;;/m1.../s1. The molecule has 0 bridgehead atoms. The molecule has 0 amide bonds. The Balaban J connectivity index is 0.000000233. The van der Waals surface area contributed by atoms with Gasteiger partial charge in [-0.3, -0.25) is 0 Å². The quantitative estimate of drug-likeness (QED) is 0.419. The first-order valence-electron chi connectivity index (χ1n) is 10.4. The van der Waals surface area contributed by atoms with Gasteiger partial charge in [-0.25, -0.2) is 0 Å². The summed E-state index contributed by atoms with van der Waals surface area (Å²) in [4.78, 5) is 0. The van der Waals surface area contributed by atoms with Crippen molar-refractivity contribution in [2.75, 3.05) is 13.2 Å². The molecule has 0 aromatic heterocycles. The zero-order valence-corrected chi connectivity index (χ0v) is 19.2. The monoisotopic (exact) mass is 426 g/mol.